The number of carboxylic acids is 1. The van der Waals surface area contributed by atoms with Crippen LogP contribution in [0.2, 0.25) is 0 Å². The minimum Gasteiger partial charge on any atom is -0.508 e. The monoisotopic (exact) mass is 463 g/mol. The van der Waals surface area contributed by atoms with Crippen molar-refractivity contribution in [3.8, 4) is 11.5 Å². The van der Waals surface area contributed by atoms with E-state index in [0.29, 0.717) is 22.2 Å². The number of alkyl halides is 3. The van der Waals surface area contributed by atoms with Crippen LogP contribution in [0, 0.1) is 12.3 Å². The number of aliphatic carboxylic acids is 1. The third kappa shape index (κ3) is 5.30. The molecule has 0 fully saturated rings. The zero-order valence-electron chi connectivity index (χ0n) is 18.5. The van der Waals surface area contributed by atoms with E-state index in [-0.39, 0.29) is 23.1 Å². The molecule has 3 rings (SSSR count). The molecule has 33 heavy (non-hydrogen) atoms. The van der Waals surface area contributed by atoms with Gasteiger partial charge in [-0.15, -0.1) is 13.2 Å². The topological polar surface area (TPSA) is 88.8 Å². The SMILES string of the molecule is Cc1c([C@H](CC(C)(C)C)C(=O)O)c2cc(O)ccc2n1C(=O)c1ccc(OC(F)(F)F)cc1. The number of aromatic nitrogens is 1. The third-order valence-electron chi connectivity index (χ3n) is 5.24. The van der Waals surface area contributed by atoms with Gasteiger partial charge < -0.3 is 14.9 Å². The molecule has 0 saturated carbocycles. The lowest BCUT2D eigenvalue weighted by Crippen LogP contribution is -2.21. The van der Waals surface area contributed by atoms with Crippen LogP contribution in [-0.4, -0.2) is 33.0 Å². The lowest BCUT2D eigenvalue weighted by Gasteiger charge is -2.24. The summed E-state index contributed by atoms with van der Waals surface area (Å²) in [7, 11) is 0. The van der Waals surface area contributed by atoms with Crippen LogP contribution in [0.15, 0.2) is 42.5 Å². The van der Waals surface area contributed by atoms with Crippen LogP contribution in [0.5, 0.6) is 11.5 Å². The number of phenols is 1. The van der Waals surface area contributed by atoms with E-state index in [1.807, 2.05) is 20.8 Å². The van der Waals surface area contributed by atoms with Crippen molar-refractivity contribution in [1.82, 2.24) is 4.57 Å². The highest BCUT2D eigenvalue weighted by atomic mass is 19.4. The fourth-order valence-corrected chi connectivity index (χ4v) is 3.99. The van der Waals surface area contributed by atoms with Gasteiger partial charge in [0.1, 0.15) is 11.5 Å². The molecule has 1 aromatic heterocycles. The molecule has 0 bridgehead atoms. The summed E-state index contributed by atoms with van der Waals surface area (Å²) in [6.07, 6.45) is -4.57. The molecule has 2 N–H and O–H groups in total. The lowest BCUT2D eigenvalue weighted by atomic mass is 9.80. The summed E-state index contributed by atoms with van der Waals surface area (Å²) in [5.74, 6) is -3.09. The normalized spacial score (nSPS) is 13.2. The van der Waals surface area contributed by atoms with Gasteiger partial charge in [0.05, 0.1) is 11.4 Å². The van der Waals surface area contributed by atoms with Crippen LogP contribution in [0.4, 0.5) is 13.2 Å². The second-order valence-electron chi connectivity index (χ2n) is 9.07. The maximum atomic E-state index is 13.3. The molecule has 1 heterocycles. The first-order chi connectivity index (χ1) is 15.2. The Morgan fingerprint density at radius 3 is 2.18 bits per heavy atom. The first-order valence-electron chi connectivity index (χ1n) is 10.2. The zero-order valence-corrected chi connectivity index (χ0v) is 18.5. The van der Waals surface area contributed by atoms with Gasteiger partial charge in [-0.1, -0.05) is 20.8 Å². The van der Waals surface area contributed by atoms with Crippen molar-refractivity contribution in [3.63, 3.8) is 0 Å². The molecular weight excluding hydrogens is 439 g/mol. The van der Waals surface area contributed by atoms with Gasteiger partial charge in [0.2, 0.25) is 0 Å². The standard InChI is InChI=1S/C24H24F3NO5/c1-13-20(18(22(31)32)12-23(2,3)4)17-11-15(29)7-10-19(17)28(13)21(30)14-5-8-16(9-6-14)33-24(25,26)27/h5-11,18,29H,12H2,1-4H3,(H,31,32)/t18-/m0/s1. The summed E-state index contributed by atoms with van der Waals surface area (Å²) in [5, 5.41) is 20.4. The minimum absolute atomic E-state index is 0.0816. The van der Waals surface area contributed by atoms with Gasteiger partial charge in [0.25, 0.3) is 5.91 Å². The van der Waals surface area contributed by atoms with E-state index < -0.39 is 29.9 Å². The third-order valence-corrected chi connectivity index (χ3v) is 5.24. The van der Waals surface area contributed by atoms with Crippen molar-refractivity contribution in [3.05, 3.63) is 59.3 Å². The van der Waals surface area contributed by atoms with Crippen molar-refractivity contribution in [1.29, 1.82) is 0 Å². The van der Waals surface area contributed by atoms with Gasteiger partial charge in [-0.05, 0) is 66.8 Å². The van der Waals surface area contributed by atoms with Crippen LogP contribution < -0.4 is 4.74 Å². The van der Waals surface area contributed by atoms with Crippen molar-refractivity contribution < 1.29 is 37.7 Å². The first kappa shape index (κ1) is 24.2. The molecule has 0 aliphatic heterocycles. The molecule has 6 nitrogen and oxygen atoms in total. The smallest absolute Gasteiger partial charge is 0.508 e. The Labute approximate surface area is 188 Å². The van der Waals surface area contributed by atoms with E-state index in [1.54, 1.807) is 6.92 Å². The second-order valence-corrected chi connectivity index (χ2v) is 9.07. The van der Waals surface area contributed by atoms with Crippen LogP contribution in [0.3, 0.4) is 0 Å². The molecule has 2 aromatic carbocycles. The quantitative estimate of drug-likeness (QED) is 0.496. The van der Waals surface area contributed by atoms with Crippen LogP contribution in [0.25, 0.3) is 10.9 Å². The molecule has 1 atom stereocenters. The van der Waals surface area contributed by atoms with Crippen molar-refractivity contribution in [2.75, 3.05) is 0 Å². The van der Waals surface area contributed by atoms with Crippen LogP contribution in [-0.2, 0) is 4.79 Å². The zero-order chi connectivity index (χ0) is 24.7. The predicted molar refractivity (Wildman–Crippen MR) is 116 cm³/mol. The number of carbonyl (C=O) groups is 2. The Morgan fingerprint density at radius 2 is 1.67 bits per heavy atom. The average molecular weight is 463 g/mol. The highest BCUT2D eigenvalue weighted by Crippen LogP contribution is 2.40. The molecule has 0 saturated heterocycles. The average Bonchev–Trinajstić information content (AvgIpc) is 2.95. The number of phenolic OH excluding ortho intramolecular Hbond substituents is 1. The highest BCUT2D eigenvalue weighted by Gasteiger charge is 2.33. The van der Waals surface area contributed by atoms with Gasteiger partial charge in [-0.3, -0.25) is 14.2 Å². The van der Waals surface area contributed by atoms with E-state index in [2.05, 4.69) is 4.74 Å². The van der Waals surface area contributed by atoms with E-state index in [1.165, 1.54) is 34.9 Å². The number of fused-ring (bicyclic) bond motifs is 1. The number of rotatable bonds is 5. The fourth-order valence-electron chi connectivity index (χ4n) is 3.99. The van der Waals surface area contributed by atoms with Crippen LogP contribution in [0.1, 0.15) is 54.7 Å². The Hall–Kier alpha value is -3.49. The van der Waals surface area contributed by atoms with Gasteiger partial charge in [0.15, 0.2) is 0 Å². The Balaban J connectivity index is 2.15. The first-order valence-corrected chi connectivity index (χ1v) is 10.2. The van der Waals surface area contributed by atoms with E-state index >= 15 is 0 Å². The van der Waals surface area contributed by atoms with Crippen molar-refractivity contribution >= 4 is 22.8 Å². The number of aromatic hydroxyl groups is 1. The number of hydrogen-bond donors (Lipinski definition) is 2. The van der Waals surface area contributed by atoms with Crippen molar-refractivity contribution in [2.45, 2.75) is 46.4 Å². The molecule has 0 radical (unpaired) electrons. The molecule has 9 heteroatoms. The summed E-state index contributed by atoms with van der Waals surface area (Å²) in [6, 6.07) is 8.80. The molecule has 3 aromatic rings. The number of carbonyl (C=O) groups excluding carboxylic acids is 1. The number of benzene rings is 2. The van der Waals surface area contributed by atoms with E-state index in [4.69, 9.17) is 0 Å². The second kappa shape index (κ2) is 8.46. The van der Waals surface area contributed by atoms with Gasteiger partial charge in [-0.25, -0.2) is 0 Å². The number of nitrogens with zero attached hydrogens (tertiary/aromatic N) is 1. The fraction of sp³-hybridized carbons (Fsp3) is 0.333. The summed E-state index contributed by atoms with van der Waals surface area (Å²) in [5.41, 5.74) is 0.938. The number of ether oxygens (including phenoxy) is 1. The van der Waals surface area contributed by atoms with Gasteiger partial charge in [-0.2, -0.15) is 0 Å². The van der Waals surface area contributed by atoms with Crippen molar-refractivity contribution in [2.24, 2.45) is 5.41 Å². The maximum Gasteiger partial charge on any atom is 0.573 e. The maximum absolute atomic E-state index is 13.3. The molecule has 0 spiro atoms. The molecule has 0 aliphatic carbocycles. The lowest BCUT2D eigenvalue weighted by molar-refractivity contribution is -0.274. The highest BCUT2D eigenvalue weighted by molar-refractivity contribution is 6.05. The Kier molecular flexibility index (Phi) is 6.19. The number of halogens is 3. The summed E-state index contributed by atoms with van der Waals surface area (Å²) in [6.45, 7) is 7.34. The molecular formula is C24H24F3NO5. The predicted octanol–water partition coefficient (Wildman–Crippen LogP) is 5.85. The molecule has 176 valence electrons. The summed E-state index contributed by atoms with van der Waals surface area (Å²) >= 11 is 0. The molecule has 0 aliphatic rings. The number of hydrogen-bond acceptors (Lipinski definition) is 4. The van der Waals surface area contributed by atoms with Gasteiger partial charge >= 0.3 is 12.3 Å². The largest absolute Gasteiger partial charge is 0.573 e. The summed E-state index contributed by atoms with van der Waals surface area (Å²) in [4.78, 5) is 25.5. The Morgan fingerprint density at radius 1 is 1.06 bits per heavy atom. The van der Waals surface area contributed by atoms with Gasteiger partial charge in [0, 0.05) is 16.6 Å². The van der Waals surface area contributed by atoms with E-state index in [9.17, 15) is 33.0 Å². The molecule has 0 amide bonds. The van der Waals surface area contributed by atoms with E-state index in [0.717, 1.165) is 12.1 Å². The Bertz CT molecular complexity index is 1200. The van der Waals surface area contributed by atoms with Crippen LogP contribution >= 0.6 is 0 Å². The minimum atomic E-state index is -4.85. The molecule has 0 unspecified atom stereocenters. The number of carboxylic acid groups (broad SMARTS) is 1. The summed E-state index contributed by atoms with van der Waals surface area (Å²) < 4.78 is 42.4.